The van der Waals surface area contributed by atoms with E-state index < -0.39 is 0 Å². The van der Waals surface area contributed by atoms with Crippen molar-refractivity contribution in [2.75, 3.05) is 18.4 Å². The van der Waals surface area contributed by atoms with Gasteiger partial charge < -0.3 is 16.0 Å². The van der Waals surface area contributed by atoms with E-state index >= 15 is 0 Å². The van der Waals surface area contributed by atoms with Gasteiger partial charge >= 0.3 is 6.03 Å². The van der Waals surface area contributed by atoms with Gasteiger partial charge in [-0.05, 0) is 43.0 Å². The zero-order valence-corrected chi connectivity index (χ0v) is 11.9. The topological polar surface area (TPSA) is 53.2 Å². The summed E-state index contributed by atoms with van der Waals surface area (Å²) in [6.45, 7) is 8.26. The van der Waals surface area contributed by atoms with E-state index in [0.717, 1.165) is 30.8 Å². The summed E-state index contributed by atoms with van der Waals surface area (Å²) in [6, 6.07) is 7.91. The lowest BCUT2D eigenvalue weighted by Gasteiger charge is -2.39. The number of urea groups is 1. The van der Waals surface area contributed by atoms with Crippen LogP contribution in [0.1, 0.15) is 25.8 Å². The molecule has 1 aromatic carbocycles. The minimum Gasteiger partial charge on any atom is -0.335 e. The Morgan fingerprint density at radius 1 is 1.42 bits per heavy atom. The predicted octanol–water partition coefficient (Wildman–Crippen LogP) is 2.50. The van der Waals surface area contributed by atoms with Crippen molar-refractivity contribution in [2.24, 2.45) is 5.41 Å². The lowest BCUT2D eigenvalue weighted by molar-refractivity contribution is 0.184. The molecule has 0 bridgehead atoms. The van der Waals surface area contributed by atoms with E-state index in [1.165, 1.54) is 0 Å². The number of aryl methyl sites for hydroxylation is 1. The van der Waals surface area contributed by atoms with Gasteiger partial charge in [-0.1, -0.05) is 26.0 Å². The molecular weight excluding hydrogens is 238 g/mol. The Balaban J connectivity index is 1.94. The standard InChI is InChI=1S/C15H23N3O/c1-11-5-4-6-12(9-11)17-14(19)18-13-7-8-16-10-15(13,2)3/h4-6,9,13,16H,7-8,10H2,1-3H3,(H2,17,18,19). The summed E-state index contributed by atoms with van der Waals surface area (Å²) in [4.78, 5) is 12.0. The second-order valence-corrected chi connectivity index (χ2v) is 5.97. The van der Waals surface area contributed by atoms with Crippen molar-refractivity contribution in [2.45, 2.75) is 33.2 Å². The lowest BCUT2D eigenvalue weighted by atomic mass is 9.80. The van der Waals surface area contributed by atoms with Crippen molar-refractivity contribution >= 4 is 11.7 Å². The average Bonchev–Trinajstić information content (AvgIpc) is 2.32. The number of nitrogens with one attached hydrogen (secondary N) is 3. The van der Waals surface area contributed by atoms with Crippen molar-refractivity contribution in [3.8, 4) is 0 Å². The molecule has 1 fully saturated rings. The minimum atomic E-state index is -0.120. The van der Waals surface area contributed by atoms with E-state index in [9.17, 15) is 4.79 Å². The molecule has 4 heteroatoms. The number of piperidine rings is 1. The lowest BCUT2D eigenvalue weighted by Crippen LogP contribution is -2.55. The Kier molecular flexibility index (Phi) is 4.10. The number of anilines is 1. The molecule has 1 saturated heterocycles. The summed E-state index contributed by atoms with van der Waals surface area (Å²) >= 11 is 0. The summed E-state index contributed by atoms with van der Waals surface area (Å²) < 4.78 is 0. The summed E-state index contributed by atoms with van der Waals surface area (Å²) in [7, 11) is 0. The van der Waals surface area contributed by atoms with Gasteiger partial charge in [-0.25, -0.2) is 4.79 Å². The Labute approximate surface area is 115 Å². The zero-order valence-electron chi connectivity index (χ0n) is 11.9. The monoisotopic (exact) mass is 261 g/mol. The van der Waals surface area contributed by atoms with Crippen LogP contribution in [-0.4, -0.2) is 25.2 Å². The maximum Gasteiger partial charge on any atom is 0.319 e. The summed E-state index contributed by atoms with van der Waals surface area (Å²) in [5, 5.41) is 9.35. The largest absolute Gasteiger partial charge is 0.335 e. The Hall–Kier alpha value is -1.55. The summed E-state index contributed by atoms with van der Waals surface area (Å²) in [6.07, 6.45) is 0.967. The van der Waals surface area contributed by atoms with E-state index in [-0.39, 0.29) is 17.5 Å². The Morgan fingerprint density at radius 2 is 2.21 bits per heavy atom. The van der Waals surface area contributed by atoms with Crippen molar-refractivity contribution in [1.29, 1.82) is 0 Å². The summed E-state index contributed by atoms with van der Waals surface area (Å²) in [5.74, 6) is 0. The highest BCUT2D eigenvalue weighted by Gasteiger charge is 2.33. The first kappa shape index (κ1) is 13.9. The molecule has 2 amide bonds. The van der Waals surface area contributed by atoms with Crippen LogP contribution in [0.15, 0.2) is 24.3 Å². The maximum absolute atomic E-state index is 12.0. The molecule has 1 aliphatic heterocycles. The van der Waals surface area contributed by atoms with Crippen LogP contribution in [0.4, 0.5) is 10.5 Å². The zero-order chi connectivity index (χ0) is 13.9. The third-order valence-corrected chi connectivity index (χ3v) is 3.71. The van der Waals surface area contributed by atoms with Gasteiger partial charge in [-0.3, -0.25) is 0 Å². The second-order valence-electron chi connectivity index (χ2n) is 5.97. The van der Waals surface area contributed by atoms with Crippen molar-refractivity contribution in [1.82, 2.24) is 10.6 Å². The predicted molar refractivity (Wildman–Crippen MR) is 78.4 cm³/mol. The molecule has 1 unspecified atom stereocenters. The van der Waals surface area contributed by atoms with Crippen LogP contribution >= 0.6 is 0 Å². The summed E-state index contributed by atoms with van der Waals surface area (Å²) in [5.41, 5.74) is 2.06. The van der Waals surface area contributed by atoms with E-state index in [2.05, 4.69) is 29.8 Å². The fourth-order valence-electron chi connectivity index (χ4n) is 2.49. The third kappa shape index (κ3) is 3.70. The number of hydrogen-bond donors (Lipinski definition) is 3. The van der Waals surface area contributed by atoms with Crippen molar-refractivity contribution in [3.63, 3.8) is 0 Å². The molecule has 0 saturated carbocycles. The van der Waals surface area contributed by atoms with Crippen LogP contribution in [0, 0.1) is 12.3 Å². The fraction of sp³-hybridized carbons (Fsp3) is 0.533. The van der Waals surface area contributed by atoms with E-state index in [0.29, 0.717) is 0 Å². The third-order valence-electron chi connectivity index (χ3n) is 3.71. The highest BCUT2D eigenvalue weighted by molar-refractivity contribution is 5.89. The number of amides is 2. The number of carbonyl (C=O) groups is 1. The molecule has 0 radical (unpaired) electrons. The van der Waals surface area contributed by atoms with Crippen LogP contribution < -0.4 is 16.0 Å². The van der Waals surface area contributed by atoms with Gasteiger partial charge in [0.2, 0.25) is 0 Å². The molecule has 1 aliphatic rings. The van der Waals surface area contributed by atoms with Gasteiger partial charge in [0.05, 0.1) is 0 Å². The minimum absolute atomic E-state index is 0.0855. The molecule has 2 rings (SSSR count). The second kappa shape index (κ2) is 5.61. The van der Waals surface area contributed by atoms with E-state index in [4.69, 9.17) is 0 Å². The number of rotatable bonds is 2. The average molecular weight is 261 g/mol. The van der Waals surface area contributed by atoms with Crippen LogP contribution in [0.5, 0.6) is 0 Å². The van der Waals surface area contributed by atoms with Crippen LogP contribution in [0.25, 0.3) is 0 Å². The van der Waals surface area contributed by atoms with Gasteiger partial charge in [-0.15, -0.1) is 0 Å². The molecule has 19 heavy (non-hydrogen) atoms. The first-order valence-corrected chi connectivity index (χ1v) is 6.82. The molecule has 0 aromatic heterocycles. The molecule has 0 aliphatic carbocycles. The first-order valence-electron chi connectivity index (χ1n) is 6.82. The van der Waals surface area contributed by atoms with E-state index in [1.54, 1.807) is 0 Å². The number of carbonyl (C=O) groups excluding carboxylic acids is 1. The van der Waals surface area contributed by atoms with Crippen LogP contribution in [0.2, 0.25) is 0 Å². The number of benzene rings is 1. The molecule has 1 atom stereocenters. The van der Waals surface area contributed by atoms with Gasteiger partial charge in [-0.2, -0.15) is 0 Å². The van der Waals surface area contributed by atoms with Crippen molar-refractivity contribution in [3.05, 3.63) is 29.8 Å². The highest BCUT2D eigenvalue weighted by atomic mass is 16.2. The molecule has 1 heterocycles. The van der Waals surface area contributed by atoms with Gasteiger partial charge in [0.1, 0.15) is 0 Å². The normalized spacial score (nSPS) is 21.7. The van der Waals surface area contributed by atoms with Crippen LogP contribution in [-0.2, 0) is 0 Å². The highest BCUT2D eigenvalue weighted by Crippen LogP contribution is 2.25. The SMILES string of the molecule is Cc1cccc(NC(=O)NC2CCNCC2(C)C)c1. The smallest absolute Gasteiger partial charge is 0.319 e. The first-order chi connectivity index (χ1) is 8.97. The molecule has 1 aromatic rings. The number of hydrogen-bond acceptors (Lipinski definition) is 2. The fourth-order valence-corrected chi connectivity index (χ4v) is 2.49. The Morgan fingerprint density at radius 3 is 2.89 bits per heavy atom. The van der Waals surface area contributed by atoms with Crippen LogP contribution in [0.3, 0.4) is 0 Å². The van der Waals surface area contributed by atoms with Gasteiger partial charge in [0.15, 0.2) is 0 Å². The molecular formula is C15H23N3O. The quantitative estimate of drug-likeness (QED) is 0.766. The molecule has 3 N–H and O–H groups in total. The maximum atomic E-state index is 12.0. The van der Waals surface area contributed by atoms with Gasteiger partial charge in [0, 0.05) is 18.3 Å². The molecule has 104 valence electrons. The van der Waals surface area contributed by atoms with Gasteiger partial charge in [0.25, 0.3) is 0 Å². The van der Waals surface area contributed by atoms with Crippen molar-refractivity contribution < 1.29 is 4.79 Å². The molecule has 4 nitrogen and oxygen atoms in total. The Bertz CT molecular complexity index is 456. The van der Waals surface area contributed by atoms with E-state index in [1.807, 2.05) is 31.2 Å². The molecule has 0 spiro atoms.